The van der Waals surface area contributed by atoms with Gasteiger partial charge in [0.25, 0.3) is 11.6 Å². The molecule has 1 N–H and O–H groups in total. The van der Waals surface area contributed by atoms with Crippen LogP contribution in [0.25, 0.3) is 0 Å². The van der Waals surface area contributed by atoms with Crippen molar-refractivity contribution in [1.82, 2.24) is 4.90 Å². The van der Waals surface area contributed by atoms with Gasteiger partial charge in [0, 0.05) is 19.2 Å². The number of carbonyl (C=O) groups is 2. The highest BCUT2D eigenvalue weighted by molar-refractivity contribution is 5.84. The zero-order valence-corrected chi connectivity index (χ0v) is 17.0. The molecule has 0 spiro atoms. The number of amides is 1. The quantitative estimate of drug-likeness (QED) is 0.410. The maximum Gasteiger partial charge on any atom is 0.416 e. The van der Waals surface area contributed by atoms with Gasteiger partial charge < -0.3 is 15.0 Å². The summed E-state index contributed by atoms with van der Waals surface area (Å²) in [6.07, 6.45) is -4.06. The van der Waals surface area contributed by atoms with Crippen molar-refractivity contribution in [2.24, 2.45) is 0 Å². The molecule has 1 heterocycles. The summed E-state index contributed by atoms with van der Waals surface area (Å²) >= 11 is 0. The van der Waals surface area contributed by atoms with E-state index < -0.39 is 41.0 Å². The lowest BCUT2D eigenvalue weighted by molar-refractivity contribution is -0.384. The third kappa shape index (κ3) is 5.34. The van der Waals surface area contributed by atoms with Crippen LogP contribution in [0.5, 0.6) is 0 Å². The Morgan fingerprint density at radius 3 is 2.56 bits per heavy atom. The van der Waals surface area contributed by atoms with E-state index in [0.717, 1.165) is 17.2 Å². The lowest BCUT2D eigenvalue weighted by Gasteiger charge is -2.28. The molecule has 2 aromatic carbocycles. The molecule has 0 radical (unpaired) electrons. The van der Waals surface area contributed by atoms with Crippen LogP contribution in [-0.4, -0.2) is 40.9 Å². The van der Waals surface area contributed by atoms with Gasteiger partial charge in [-0.1, -0.05) is 24.3 Å². The van der Waals surface area contributed by atoms with Crippen molar-refractivity contribution in [1.29, 1.82) is 0 Å². The number of nitro groups is 1. The summed E-state index contributed by atoms with van der Waals surface area (Å²) in [4.78, 5) is 36.4. The minimum absolute atomic E-state index is 0.272. The molecule has 1 amide bonds. The predicted octanol–water partition coefficient (Wildman–Crippen LogP) is 3.54. The smallest absolute Gasteiger partial charge is 0.416 e. The molecule has 0 saturated heterocycles. The second-order valence-electron chi connectivity index (χ2n) is 7.29. The van der Waals surface area contributed by atoms with E-state index in [-0.39, 0.29) is 11.6 Å². The van der Waals surface area contributed by atoms with Crippen molar-refractivity contribution in [2.45, 2.75) is 32.1 Å². The minimum Gasteiger partial charge on any atom is -0.454 e. The molecule has 0 unspecified atom stereocenters. The maximum atomic E-state index is 12.8. The van der Waals surface area contributed by atoms with Gasteiger partial charge in [-0.05, 0) is 36.6 Å². The van der Waals surface area contributed by atoms with E-state index in [4.69, 9.17) is 4.74 Å². The molecule has 2 aromatic rings. The molecule has 170 valence electrons. The van der Waals surface area contributed by atoms with Crippen LogP contribution in [0.3, 0.4) is 0 Å². The average molecular weight is 451 g/mol. The number of carbonyl (C=O) groups excluding carboxylic acids is 2. The van der Waals surface area contributed by atoms with Gasteiger partial charge in [0.1, 0.15) is 11.7 Å². The number of anilines is 1. The number of nitro benzene ring substituents is 1. The number of nitrogens with zero attached hydrogens (tertiary/aromatic N) is 2. The van der Waals surface area contributed by atoms with E-state index in [0.29, 0.717) is 31.6 Å². The summed E-state index contributed by atoms with van der Waals surface area (Å²) < 4.78 is 43.5. The Labute approximate surface area is 181 Å². The second-order valence-corrected chi connectivity index (χ2v) is 7.29. The van der Waals surface area contributed by atoms with E-state index in [1.165, 1.54) is 6.92 Å². The third-order valence-electron chi connectivity index (χ3n) is 5.07. The fourth-order valence-electron chi connectivity index (χ4n) is 3.33. The Kier molecular flexibility index (Phi) is 6.66. The zero-order valence-electron chi connectivity index (χ0n) is 17.0. The van der Waals surface area contributed by atoms with Gasteiger partial charge in [-0.3, -0.25) is 14.9 Å². The standard InChI is InChI=1S/C21H20F3N3O5/c1-13(25-17-7-6-16(21(22,23)24)10-18(17)27(30)31)20(29)32-12-19(28)26-9-8-14-4-2-3-5-15(14)11-26/h2-7,10,13,25H,8-9,11-12H2,1H3/t13-/m0/s1. The first-order valence-electron chi connectivity index (χ1n) is 9.69. The van der Waals surface area contributed by atoms with E-state index in [1.807, 2.05) is 24.3 Å². The number of benzene rings is 2. The summed E-state index contributed by atoms with van der Waals surface area (Å²) in [7, 11) is 0. The van der Waals surface area contributed by atoms with Gasteiger partial charge in [0.05, 0.1) is 10.5 Å². The summed E-state index contributed by atoms with van der Waals surface area (Å²) in [5.74, 6) is -1.26. The van der Waals surface area contributed by atoms with Crippen LogP contribution >= 0.6 is 0 Å². The monoisotopic (exact) mass is 451 g/mol. The fraction of sp³-hybridized carbons (Fsp3) is 0.333. The highest BCUT2D eigenvalue weighted by atomic mass is 19.4. The molecule has 0 aromatic heterocycles. The van der Waals surface area contributed by atoms with Crippen LogP contribution in [0.2, 0.25) is 0 Å². The van der Waals surface area contributed by atoms with Crippen molar-refractivity contribution < 1.29 is 32.4 Å². The van der Waals surface area contributed by atoms with Crippen LogP contribution in [0, 0.1) is 10.1 Å². The van der Waals surface area contributed by atoms with E-state index in [1.54, 1.807) is 4.90 Å². The van der Waals surface area contributed by atoms with Crippen LogP contribution < -0.4 is 5.32 Å². The highest BCUT2D eigenvalue weighted by Gasteiger charge is 2.33. The second kappa shape index (κ2) is 9.25. The number of esters is 1. The van der Waals surface area contributed by atoms with Gasteiger partial charge in [-0.2, -0.15) is 13.2 Å². The summed E-state index contributed by atoms with van der Waals surface area (Å²) in [6.45, 7) is 1.70. The fourth-order valence-corrected chi connectivity index (χ4v) is 3.33. The van der Waals surface area contributed by atoms with Crippen molar-refractivity contribution >= 4 is 23.3 Å². The Hall–Kier alpha value is -3.63. The first kappa shape index (κ1) is 23.0. The van der Waals surface area contributed by atoms with Crippen molar-refractivity contribution in [3.05, 3.63) is 69.3 Å². The van der Waals surface area contributed by atoms with Crippen molar-refractivity contribution in [2.75, 3.05) is 18.5 Å². The summed E-state index contributed by atoms with van der Waals surface area (Å²) in [5, 5.41) is 13.6. The first-order valence-corrected chi connectivity index (χ1v) is 9.69. The van der Waals surface area contributed by atoms with Gasteiger partial charge >= 0.3 is 12.1 Å². The Morgan fingerprint density at radius 1 is 1.22 bits per heavy atom. The van der Waals surface area contributed by atoms with Crippen LogP contribution in [-0.2, 0) is 33.5 Å². The van der Waals surface area contributed by atoms with E-state index >= 15 is 0 Å². The lowest BCUT2D eigenvalue weighted by atomic mass is 10.00. The number of fused-ring (bicyclic) bond motifs is 1. The molecule has 3 rings (SSSR count). The Balaban J connectivity index is 1.58. The van der Waals surface area contributed by atoms with Crippen molar-refractivity contribution in [3.63, 3.8) is 0 Å². The third-order valence-corrected chi connectivity index (χ3v) is 5.07. The SMILES string of the molecule is C[C@H](Nc1ccc(C(F)(F)F)cc1[N+](=O)[O-])C(=O)OCC(=O)N1CCc2ccccc2C1. The molecular weight excluding hydrogens is 431 g/mol. The molecule has 11 heteroatoms. The Bertz CT molecular complexity index is 1040. The topological polar surface area (TPSA) is 102 Å². The molecule has 1 aliphatic heterocycles. The van der Waals surface area contributed by atoms with Gasteiger partial charge in [0.15, 0.2) is 6.61 Å². The lowest BCUT2D eigenvalue weighted by Crippen LogP contribution is -2.39. The van der Waals surface area contributed by atoms with Gasteiger partial charge in [-0.25, -0.2) is 4.79 Å². The van der Waals surface area contributed by atoms with Gasteiger partial charge in [0.2, 0.25) is 0 Å². The molecule has 0 saturated carbocycles. The number of ether oxygens (including phenoxy) is 1. The van der Waals surface area contributed by atoms with Crippen LogP contribution in [0.15, 0.2) is 42.5 Å². The number of nitrogens with one attached hydrogen (secondary N) is 1. The molecule has 8 nitrogen and oxygen atoms in total. The zero-order chi connectivity index (χ0) is 23.5. The number of hydrogen-bond donors (Lipinski definition) is 1. The number of rotatable bonds is 6. The first-order chi connectivity index (χ1) is 15.1. The molecule has 1 aliphatic rings. The van der Waals surface area contributed by atoms with Crippen molar-refractivity contribution in [3.8, 4) is 0 Å². The molecule has 0 bridgehead atoms. The van der Waals surface area contributed by atoms with Gasteiger partial charge in [-0.15, -0.1) is 0 Å². The van der Waals surface area contributed by atoms with Crippen LogP contribution in [0.1, 0.15) is 23.6 Å². The van der Waals surface area contributed by atoms with Crippen LogP contribution in [0.4, 0.5) is 24.5 Å². The van der Waals surface area contributed by atoms with E-state index in [2.05, 4.69) is 5.32 Å². The summed E-state index contributed by atoms with van der Waals surface area (Å²) in [5.41, 5.74) is -0.111. The molecular formula is C21H20F3N3O5. The largest absolute Gasteiger partial charge is 0.454 e. The molecule has 0 aliphatic carbocycles. The molecule has 32 heavy (non-hydrogen) atoms. The number of hydrogen-bond acceptors (Lipinski definition) is 6. The average Bonchev–Trinajstić information content (AvgIpc) is 2.76. The maximum absolute atomic E-state index is 12.8. The normalized spacial score (nSPS) is 14.3. The predicted molar refractivity (Wildman–Crippen MR) is 108 cm³/mol. The minimum atomic E-state index is -4.75. The molecule has 0 fully saturated rings. The summed E-state index contributed by atoms with van der Waals surface area (Å²) in [6, 6.07) is 8.51. The number of alkyl halides is 3. The van der Waals surface area contributed by atoms with E-state index in [9.17, 15) is 32.9 Å². The Morgan fingerprint density at radius 2 is 1.91 bits per heavy atom. The molecule has 1 atom stereocenters. The highest BCUT2D eigenvalue weighted by Crippen LogP contribution is 2.35. The number of halogens is 3.